The molecule has 0 aromatic carbocycles. The van der Waals surface area contributed by atoms with E-state index in [9.17, 15) is 18.0 Å². The lowest BCUT2D eigenvalue weighted by atomic mass is 10.1. The largest absolute Gasteiger partial charge is 0.419 e. The van der Waals surface area contributed by atoms with Crippen LogP contribution in [0.2, 0.25) is 0 Å². The number of nitrogens with zero attached hydrogens (tertiary/aromatic N) is 3. The van der Waals surface area contributed by atoms with Gasteiger partial charge in [-0.15, -0.1) is 0 Å². The van der Waals surface area contributed by atoms with Crippen molar-refractivity contribution in [3.8, 4) is 11.1 Å². The summed E-state index contributed by atoms with van der Waals surface area (Å²) in [7, 11) is 1.89. The number of imidazole rings is 1. The smallest absolute Gasteiger partial charge is 0.383 e. The maximum Gasteiger partial charge on any atom is 0.419 e. The number of amides is 1. The van der Waals surface area contributed by atoms with Gasteiger partial charge in [-0.2, -0.15) is 13.2 Å². The minimum Gasteiger partial charge on any atom is -0.383 e. The number of pyridine rings is 2. The predicted molar refractivity (Wildman–Crippen MR) is 109 cm³/mol. The van der Waals surface area contributed by atoms with Gasteiger partial charge >= 0.3 is 6.18 Å². The molecular weight excluding hydrogens is 397 g/mol. The highest BCUT2D eigenvalue weighted by Gasteiger charge is 2.34. The molecule has 4 N–H and O–H groups in total. The molecule has 0 spiro atoms. The third-order valence-corrected chi connectivity index (χ3v) is 4.61. The number of aromatic nitrogens is 3. The van der Waals surface area contributed by atoms with Crippen molar-refractivity contribution in [2.45, 2.75) is 31.9 Å². The lowest BCUT2D eigenvalue weighted by Crippen LogP contribution is -2.12. The van der Waals surface area contributed by atoms with Crippen LogP contribution in [0, 0.1) is 0 Å². The average Bonchev–Trinajstić information content (AvgIpc) is 3.08. The molecule has 0 aliphatic carbocycles. The van der Waals surface area contributed by atoms with Gasteiger partial charge in [-0.05, 0) is 44.6 Å². The molecule has 3 rings (SSSR count). The van der Waals surface area contributed by atoms with Crippen molar-refractivity contribution in [1.82, 2.24) is 19.7 Å². The van der Waals surface area contributed by atoms with Gasteiger partial charge in [0, 0.05) is 29.9 Å². The summed E-state index contributed by atoms with van der Waals surface area (Å²) >= 11 is 0. The minimum atomic E-state index is -4.59. The number of nitrogens with one attached hydrogen (secondary N) is 2. The Bertz CT molecular complexity index is 1030. The fraction of sp³-hybridized carbons (Fsp3) is 0.350. The summed E-state index contributed by atoms with van der Waals surface area (Å²) in [6.07, 6.45) is 3.11. The van der Waals surface area contributed by atoms with E-state index in [2.05, 4.69) is 20.6 Å². The number of carbonyl (C=O) groups excluding carboxylic acids is 1. The highest BCUT2D eigenvalue weighted by atomic mass is 19.4. The van der Waals surface area contributed by atoms with Gasteiger partial charge in [-0.25, -0.2) is 9.97 Å². The van der Waals surface area contributed by atoms with E-state index in [0.717, 1.165) is 31.9 Å². The van der Waals surface area contributed by atoms with E-state index in [1.165, 1.54) is 6.20 Å². The minimum absolute atomic E-state index is 0.124. The Balaban J connectivity index is 1.73. The fourth-order valence-electron chi connectivity index (χ4n) is 3.05. The van der Waals surface area contributed by atoms with Crippen LogP contribution in [0.15, 0.2) is 36.8 Å². The zero-order valence-electron chi connectivity index (χ0n) is 16.5. The van der Waals surface area contributed by atoms with Crippen LogP contribution >= 0.6 is 0 Å². The molecule has 0 bridgehead atoms. The van der Waals surface area contributed by atoms with Gasteiger partial charge in [0.05, 0.1) is 11.8 Å². The average molecular weight is 420 g/mol. The van der Waals surface area contributed by atoms with Gasteiger partial charge in [-0.1, -0.05) is 6.42 Å². The topological polar surface area (TPSA) is 97.3 Å². The number of rotatable bonds is 8. The van der Waals surface area contributed by atoms with E-state index in [1.807, 2.05) is 7.05 Å². The van der Waals surface area contributed by atoms with Gasteiger partial charge in [0.1, 0.15) is 11.5 Å². The molecule has 160 valence electrons. The van der Waals surface area contributed by atoms with Crippen LogP contribution < -0.4 is 16.4 Å². The lowest BCUT2D eigenvalue weighted by Gasteiger charge is -2.11. The van der Waals surface area contributed by atoms with Crippen molar-refractivity contribution in [3.63, 3.8) is 0 Å². The van der Waals surface area contributed by atoms with E-state index in [0.29, 0.717) is 23.4 Å². The molecule has 0 atom stereocenters. The number of alkyl halides is 3. The first-order valence-corrected chi connectivity index (χ1v) is 9.54. The lowest BCUT2D eigenvalue weighted by molar-refractivity contribution is -0.137. The van der Waals surface area contributed by atoms with Gasteiger partial charge in [-0.3, -0.25) is 4.79 Å². The van der Waals surface area contributed by atoms with Gasteiger partial charge in [0.25, 0.3) is 0 Å². The Kier molecular flexibility index (Phi) is 6.56. The molecule has 10 heteroatoms. The molecular formula is C20H23F3N6O. The molecule has 30 heavy (non-hydrogen) atoms. The van der Waals surface area contributed by atoms with Crippen LogP contribution in [0.1, 0.15) is 31.2 Å². The number of hydrogen-bond acceptors (Lipinski definition) is 5. The highest BCUT2D eigenvalue weighted by molar-refractivity contribution is 5.90. The Morgan fingerprint density at radius 3 is 2.70 bits per heavy atom. The highest BCUT2D eigenvalue weighted by Crippen LogP contribution is 2.35. The first-order chi connectivity index (χ1) is 14.3. The number of unbranched alkanes of at least 4 members (excludes halogenated alkanes) is 2. The third-order valence-electron chi connectivity index (χ3n) is 4.61. The van der Waals surface area contributed by atoms with Crippen molar-refractivity contribution in [2.24, 2.45) is 0 Å². The number of nitrogen functional groups attached to an aromatic ring is 1. The predicted octanol–water partition coefficient (Wildman–Crippen LogP) is 3.72. The van der Waals surface area contributed by atoms with Gasteiger partial charge in [0.15, 0.2) is 5.82 Å². The zero-order valence-corrected chi connectivity index (χ0v) is 16.5. The Hall–Kier alpha value is -3.14. The molecule has 0 radical (unpaired) electrons. The van der Waals surface area contributed by atoms with E-state index >= 15 is 0 Å². The standard InChI is InChI=1S/C20H23F3N6O/c1-25-8-4-2-3-5-18(30)28-16-12-29-11-13(6-7-17(29)27-16)14-9-15(20(21,22)23)19(24)26-10-14/h6-7,9-12,25H,2-5,8H2,1H3,(H2,24,26)(H,28,30). The number of anilines is 2. The van der Waals surface area contributed by atoms with Crippen LogP contribution in [0.25, 0.3) is 16.8 Å². The summed E-state index contributed by atoms with van der Waals surface area (Å²) in [6, 6.07) is 4.27. The number of halogens is 3. The van der Waals surface area contributed by atoms with Gasteiger partial charge < -0.3 is 20.8 Å². The second-order valence-electron chi connectivity index (χ2n) is 6.93. The fourth-order valence-corrected chi connectivity index (χ4v) is 3.05. The summed E-state index contributed by atoms with van der Waals surface area (Å²) in [5.41, 5.74) is 5.73. The summed E-state index contributed by atoms with van der Waals surface area (Å²) in [4.78, 5) is 20.1. The molecule has 0 unspecified atom stereocenters. The molecule has 0 fully saturated rings. The maximum atomic E-state index is 13.1. The SMILES string of the molecule is CNCCCCCC(=O)Nc1cn2cc(-c3cnc(N)c(C(F)(F)F)c3)ccc2n1. The summed E-state index contributed by atoms with van der Waals surface area (Å²) in [5.74, 6) is -0.301. The monoisotopic (exact) mass is 420 g/mol. The molecule has 0 aliphatic rings. The van der Waals surface area contributed by atoms with Crippen LogP contribution in [-0.4, -0.2) is 33.9 Å². The number of carbonyl (C=O) groups is 1. The Morgan fingerprint density at radius 2 is 1.97 bits per heavy atom. The second kappa shape index (κ2) is 9.12. The summed E-state index contributed by atoms with van der Waals surface area (Å²) in [6.45, 7) is 0.921. The maximum absolute atomic E-state index is 13.1. The van der Waals surface area contributed by atoms with E-state index in [4.69, 9.17) is 5.73 Å². The Labute approximate surface area is 171 Å². The quantitative estimate of drug-likeness (QED) is 0.483. The van der Waals surface area contributed by atoms with Crippen LogP contribution in [0.5, 0.6) is 0 Å². The Morgan fingerprint density at radius 1 is 1.17 bits per heavy atom. The normalized spacial score (nSPS) is 11.7. The summed E-state index contributed by atoms with van der Waals surface area (Å²) < 4.78 is 40.9. The molecule has 0 saturated heterocycles. The van der Waals surface area contributed by atoms with Crippen molar-refractivity contribution < 1.29 is 18.0 Å². The van der Waals surface area contributed by atoms with Crippen molar-refractivity contribution in [3.05, 3.63) is 42.4 Å². The molecule has 0 aliphatic heterocycles. The molecule has 3 heterocycles. The van der Waals surface area contributed by atoms with Crippen LogP contribution in [-0.2, 0) is 11.0 Å². The number of nitrogens with two attached hydrogens (primary N) is 1. The van der Waals surface area contributed by atoms with Crippen LogP contribution in [0.3, 0.4) is 0 Å². The second-order valence-corrected chi connectivity index (χ2v) is 6.93. The van der Waals surface area contributed by atoms with Crippen molar-refractivity contribution in [2.75, 3.05) is 24.6 Å². The molecule has 0 saturated carbocycles. The van der Waals surface area contributed by atoms with Crippen molar-refractivity contribution in [1.29, 1.82) is 0 Å². The van der Waals surface area contributed by atoms with E-state index in [1.54, 1.807) is 28.9 Å². The number of hydrogen-bond donors (Lipinski definition) is 3. The first-order valence-electron chi connectivity index (χ1n) is 9.54. The zero-order chi connectivity index (χ0) is 21.7. The number of fused-ring (bicyclic) bond motifs is 1. The molecule has 3 aromatic rings. The van der Waals surface area contributed by atoms with E-state index in [-0.39, 0.29) is 11.5 Å². The summed E-state index contributed by atoms with van der Waals surface area (Å²) in [5, 5.41) is 5.81. The van der Waals surface area contributed by atoms with E-state index < -0.39 is 17.6 Å². The van der Waals surface area contributed by atoms with Gasteiger partial charge in [0.2, 0.25) is 5.91 Å². The molecule has 3 aromatic heterocycles. The third kappa shape index (κ3) is 5.26. The van der Waals surface area contributed by atoms with Crippen LogP contribution in [0.4, 0.5) is 24.8 Å². The molecule has 7 nitrogen and oxygen atoms in total. The first kappa shape index (κ1) is 21.6. The van der Waals surface area contributed by atoms with Crippen molar-refractivity contribution >= 4 is 23.2 Å². The molecule has 1 amide bonds.